The Labute approximate surface area is 200 Å². The van der Waals surface area contributed by atoms with E-state index < -0.39 is 11.4 Å². The van der Waals surface area contributed by atoms with Gasteiger partial charge >= 0.3 is 5.97 Å². The summed E-state index contributed by atoms with van der Waals surface area (Å²) in [7, 11) is 1.90. The summed E-state index contributed by atoms with van der Waals surface area (Å²) in [5.74, 6) is 1.79. The second-order valence-corrected chi connectivity index (χ2v) is 13.3. The molecule has 0 heterocycles. The molecule has 0 aromatic heterocycles. The maximum Gasteiger partial charge on any atom is 0.310 e. The van der Waals surface area contributed by atoms with Crippen molar-refractivity contribution in [3.8, 4) is 0 Å². The predicted molar refractivity (Wildman–Crippen MR) is 130 cm³/mol. The van der Waals surface area contributed by atoms with Crippen LogP contribution in [0.3, 0.4) is 0 Å². The van der Waals surface area contributed by atoms with Crippen molar-refractivity contribution in [1.29, 1.82) is 0 Å². The number of methoxy groups -OCH3 is 1. The minimum atomic E-state index is -0.631. The van der Waals surface area contributed by atoms with Gasteiger partial charge < -0.3 is 14.9 Å². The third-order valence-corrected chi connectivity index (χ3v) is 12.7. The van der Waals surface area contributed by atoms with Crippen LogP contribution in [0.2, 0.25) is 0 Å². The van der Waals surface area contributed by atoms with E-state index in [2.05, 4.69) is 40.7 Å². The van der Waals surface area contributed by atoms with Gasteiger partial charge in [-0.3, -0.25) is 4.79 Å². The van der Waals surface area contributed by atoms with Gasteiger partial charge in [-0.15, -0.1) is 0 Å². The van der Waals surface area contributed by atoms with Gasteiger partial charge in [0.1, 0.15) is 0 Å². The van der Waals surface area contributed by atoms with E-state index in [-0.39, 0.29) is 28.5 Å². The lowest BCUT2D eigenvalue weighted by atomic mass is 9.36. The van der Waals surface area contributed by atoms with Crippen LogP contribution in [0, 0.1) is 51.8 Å². The van der Waals surface area contributed by atoms with Gasteiger partial charge in [-0.25, -0.2) is 0 Å². The number of carboxylic acid groups (broad SMARTS) is 1. The summed E-state index contributed by atoms with van der Waals surface area (Å²) in [4.78, 5) is 12.8. The molecule has 186 valence electrons. The third kappa shape index (κ3) is 2.80. The van der Waals surface area contributed by atoms with E-state index in [0.29, 0.717) is 29.6 Å². The van der Waals surface area contributed by atoms with Crippen LogP contribution in [0.5, 0.6) is 0 Å². The van der Waals surface area contributed by atoms with E-state index in [4.69, 9.17) is 4.74 Å². The first-order valence-corrected chi connectivity index (χ1v) is 13.7. The molecule has 9 unspecified atom stereocenters. The van der Waals surface area contributed by atoms with Crippen molar-refractivity contribution in [3.05, 3.63) is 11.6 Å². The highest BCUT2D eigenvalue weighted by Crippen LogP contribution is 2.72. The van der Waals surface area contributed by atoms with Crippen molar-refractivity contribution in [1.82, 2.24) is 0 Å². The molecule has 5 aliphatic carbocycles. The van der Waals surface area contributed by atoms with Crippen molar-refractivity contribution in [2.75, 3.05) is 7.11 Å². The number of hydrogen-bond donors (Lipinski definition) is 2. The Morgan fingerprint density at radius 1 is 1.00 bits per heavy atom. The number of aliphatic carboxylic acids is 1. The Morgan fingerprint density at radius 2 is 1.73 bits per heavy atom. The van der Waals surface area contributed by atoms with Crippen LogP contribution in [-0.2, 0) is 9.53 Å². The van der Waals surface area contributed by atoms with Crippen LogP contribution in [0.4, 0.5) is 0 Å². The van der Waals surface area contributed by atoms with E-state index in [1.807, 2.05) is 7.11 Å². The molecule has 11 atom stereocenters. The molecule has 2 N–H and O–H groups in total. The third-order valence-electron chi connectivity index (χ3n) is 12.7. The van der Waals surface area contributed by atoms with Gasteiger partial charge in [0.2, 0.25) is 0 Å². The van der Waals surface area contributed by atoms with E-state index in [9.17, 15) is 15.0 Å². The molecule has 0 bridgehead atoms. The van der Waals surface area contributed by atoms with Crippen LogP contribution in [0.25, 0.3) is 0 Å². The van der Waals surface area contributed by atoms with E-state index in [0.717, 1.165) is 57.8 Å². The van der Waals surface area contributed by atoms with Gasteiger partial charge in [-0.1, -0.05) is 40.7 Å². The van der Waals surface area contributed by atoms with E-state index in [1.54, 1.807) is 0 Å². The molecule has 33 heavy (non-hydrogen) atoms. The monoisotopic (exact) mass is 458 g/mol. The summed E-state index contributed by atoms with van der Waals surface area (Å²) >= 11 is 0. The van der Waals surface area contributed by atoms with Gasteiger partial charge in [0, 0.05) is 18.4 Å². The lowest BCUT2D eigenvalue weighted by Gasteiger charge is -2.70. The van der Waals surface area contributed by atoms with Gasteiger partial charge in [0.15, 0.2) is 0 Å². The number of ether oxygens (including phenoxy) is 1. The second-order valence-electron chi connectivity index (χ2n) is 13.3. The number of carbonyl (C=O) groups is 1. The average Bonchev–Trinajstić information content (AvgIpc) is 2.78. The van der Waals surface area contributed by atoms with Crippen LogP contribution in [0.1, 0.15) is 92.4 Å². The molecule has 5 aliphatic rings. The van der Waals surface area contributed by atoms with Gasteiger partial charge in [-0.05, 0) is 98.4 Å². The smallest absolute Gasteiger partial charge is 0.310 e. The predicted octanol–water partition coefficient (Wildman–Crippen LogP) is 6.08. The molecule has 0 spiro atoms. The molecule has 4 heteroatoms. The summed E-state index contributed by atoms with van der Waals surface area (Å²) in [6, 6.07) is 0. The van der Waals surface area contributed by atoms with Crippen molar-refractivity contribution in [3.63, 3.8) is 0 Å². The topological polar surface area (TPSA) is 66.8 Å². The van der Waals surface area contributed by atoms with E-state index >= 15 is 0 Å². The minimum Gasteiger partial charge on any atom is -0.481 e. The number of aliphatic hydroxyl groups is 1. The normalized spacial score (nSPS) is 56.0. The highest BCUT2D eigenvalue weighted by Gasteiger charge is 2.70. The number of hydrogen-bond acceptors (Lipinski definition) is 3. The standard InChI is InChI=1S/C29H46O4/c1-17-9-14-28(25(31)32)15-16-29(33-6)21(24(28)18(17)2)7-8-23-26(4)12-11-22(30)19(3)20(26)10-13-27(23,29)5/h7,17-20,22-24,30H,8-16H2,1-6H3,(H,31,32)/t17-,18?,19?,20?,22?,23?,24?,26?,27?,28?,29+/m1/s1. The zero-order valence-electron chi connectivity index (χ0n) is 21.7. The molecule has 0 aromatic carbocycles. The number of rotatable bonds is 2. The lowest BCUT2D eigenvalue weighted by molar-refractivity contribution is -0.225. The molecule has 4 saturated carbocycles. The largest absolute Gasteiger partial charge is 0.481 e. The van der Waals surface area contributed by atoms with Crippen molar-refractivity contribution in [2.45, 2.75) is 104 Å². The lowest BCUT2D eigenvalue weighted by Crippen LogP contribution is -2.68. The fourth-order valence-electron chi connectivity index (χ4n) is 10.5. The maximum atomic E-state index is 12.8. The fraction of sp³-hybridized carbons (Fsp3) is 0.897. The van der Waals surface area contributed by atoms with Crippen molar-refractivity contribution < 1.29 is 19.7 Å². The Bertz CT molecular complexity index is 851. The molecule has 5 rings (SSSR count). The van der Waals surface area contributed by atoms with Crippen LogP contribution in [0.15, 0.2) is 11.6 Å². The number of aliphatic hydroxyl groups excluding tert-OH is 1. The van der Waals surface area contributed by atoms with Crippen molar-refractivity contribution >= 4 is 5.97 Å². The fourth-order valence-corrected chi connectivity index (χ4v) is 10.5. The zero-order chi connectivity index (χ0) is 24.0. The molecule has 4 fully saturated rings. The second kappa shape index (κ2) is 7.56. The first kappa shape index (κ1) is 23.9. The zero-order valence-corrected chi connectivity index (χ0v) is 21.7. The Morgan fingerprint density at radius 3 is 2.39 bits per heavy atom. The molecule has 0 aliphatic heterocycles. The number of allylic oxidation sites excluding steroid dienone is 1. The first-order chi connectivity index (χ1) is 15.5. The van der Waals surface area contributed by atoms with E-state index in [1.165, 1.54) is 5.57 Å². The molecule has 0 saturated heterocycles. The molecular formula is C29H46O4. The van der Waals surface area contributed by atoms with Crippen LogP contribution < -0.4 is 0 Å². The number of carboxylic acids is 1. The highest BCUT2D eigenvalue weighted by atomic mass is 16.5. The molecular weight excluding hydrogens is 412 g/mol. The summed E-state index contributed by atoms with van der Waals surface area (Å²) < 4.78 is 6.67. The van der Waals surface area contributed by atoms with Crippen LogP contribution in [-0.4, -0.2) is 35.0 Å². The van der Waals surface area contributed by atoms with Crippen LogP contribution >= 0.6 is 0 Å². The van der Waals surface area contributed by atoms with Gasteiger partial charge in [-0.2, -0.15) is 0 Å². The summed E-state index contributed by atoms with van der Waals surface area (Å²) in [5, 5.41) is 21.2. The maximum absolute atomic E-state index is 12.8. The summed E-state index contributed by atoms with van der Waals surface area (Å²) in [6.45, 7) is 11.9. The molecule has 0 aromatic rings. The Kier molecular flexibility index (Phi) is 5.47. The first-order valence-electron chi connectivity index (χ1n) is 13.7. The highest BCUT2D eigenvalue weighted by molar-refractivity contribution is 5.77. The Balaban J connectivity index is 1.63. The van der Waals surface area contributed by atoms with Gasteiger partial charge in [0.25, 0.3) is 0 Å². The quantitative estimate of drug-likeness (QED) is 0.492. The summed E-state index contributed by atoms with van der Waals surface area (Å²) in [6.07, 6.45) is 10.9. The average molecular weight is 459 g/mol. The SMILES string of the molecule is CO[C@@]12CCC3(C(=O)O)CC[C@@H](C)C(C)C3C1=CCC1C3(C)CCC(O)C(C)C3CCC12C. The molecule has 0 radical (unpaired) electrons. The summed E-state index contributed by atoms with van der Waals surface area (Å²) in [5.41, 5.74) is 0.546. The number of fused-ring (bicyclic) bond motifs is 7. The molecule has 4 nitrogen and oxygen atoms in total. The molecule has 0 amide bonds. The van der Waals surface area contributed by atoms with Crippen molar-refractivity contribution in [2.24, 2.45) is 51.8 Å². The van der Waals surface area contributed by atoms with Gasteiger partial charge in [0.05, 0.1) is 17.1 Å². The minimum absolute atomic E-state index is 0.00413. The Hall–Kier alpha value is -0.870.